The highest BCUT2D eigenvalue weighted by Gasteiger charge is 2.11. The fourth-order valence-electron chi connectivity index (χ4n) is 2.12. The maximum Gasteiger partial charge on any atom is 0.335 e. The van der Waals surface area contributed by atoms with Crippen molar-refractivity contribution < 1.29 is 9.90 Å². The summed E-state index contributed by atoms with van der Waals surface area (Å²) < 4.78 is 1.87. The van der Waals surface area contributed by atoms with Gasteiger partial charge in [0.25, 0.3) is 0 Å². The highest BCUT2D eigenvalue weighted by Crippen LogP contribution is 2.23. The summed E-state index contributed by atoms with van der Waals surface area (Å²) in [7, 11) is 1.78. The molecule has 2 heterocycles. The van der Waals surface area contributed by atoms with Gasteiger partial charge in [0, 0.05) is 25.0 Å². The Hall–Kier alpha value is -2.89. The third-order valence-corrected chi connectivity index (χ3v) is 3.07. The monoisotopic (exact) mass is 268 g/mol. The molecule has 0 fully saturated rings. The predicted molar refractivity (Wildman–Crippen MR) is 74.9 cm³/mol. The van der Waals surface area contributed by atoms with Gasteiger partial charge in [-0.05, 0) is 12.1 Å². The molecule has 0 radical (unpaired) electrons. The van der Waals surface area contributed by atoms with Crippen molar-refractivity contribution in [1.29, 1.82) is 0 Å². The van der Waals surface area contributed by atoms with Crippen LogP contribution in [0, 0.1) is 0 Å². The number of carbonyl (C=O) groups is 1. The summed E-state index contributed by atoms with van der Waals surface area (Å²) in [6.45, 7) is 0. The fraction of sp³-hybridized carbons (Fsp3) is 0.0714. The minimum absolute atomic E-state index is 0.250. The van der Waals surface area contributed by atoms with Gasteiger partial charge in [-0.25, -0.2) is 14.8 Å². The number of aromatic nitrogens is 3. The molecular weight excluding hydrogens is 256 g/mol. The van der Waals surface area contributed by atoms with E-state index in [9.17, 15) is 4.79 Å². The summed E-state index contributed by atoms with van der Waals surface area (Å²) in [5, 5.41) is 12.0. The van der Waals surface area contributed by atoms with Crippen LogP contribution in [0.3, 0.4) is 0 Å². The molecule has 6 heteroatoms. The number of rotatable bonds is 3. The molecular formula is C14H12N4O2. The number of carboxylic acid groups (broad SMARTS) is 1. The van der Waals surface area contributed by atoms with Crippen LogP contribution in [0.4, 0.5) is 5.82 Å². The average Bonchev–Trinajstić information content (AvgIpc) is 2.91. The van der Waals surface area contributed by atoms with Crippen LogP contribution in [-0.4, -0.2) is 32.5 Å². The maximum atomic E-state index is 11.0. The second kappa shape index (κ2) is 4.65. The Morgan fingerprint density at radius 3 is 2.95 bits per heavy atom. The first-order valence-electron chi connectivity index (χ1n) is 6.04. The van der Waals surface area contributed by atoms with E-state index in [0.29, 0.717) is 11.5 Å². The van der Waals surface area contributed by atoms with Crippen molar-refractivity contribution in [3.05, 3.63) is 48.4 Å². The van der Waals surface area contributed by atoms with Crippen molar-refractivity contribution in [1.82, 2.24) is 14.4 Å². The van der Waals surface area contributed by atoms with Gasteiger partial charge >= 0.3 is 5.97 Å². The van der Waals surface area contributed by atoms with E-state index in [2.05, 4.69) is 15.3 Å². The van der Waals surface area contributed by atoms with Gasteiger partial charge in [-0.1, -0.05) is 12.1 Å². The van der Waals surface area contributed by atoms with Crippen LogP contribution in [0.25, 0.3) is 16.9 Å². The van der Waals surface area contributed by atoms with Gasteiger partial charge in [0.05, 0.1) is 17.5 Å². The van der Waals surface area contributed by atoms with Gasteiger partial charge < -0.3 is 10.4 Å². The van der Waals surface area contributed by atoms with Gasteiger partial charge in [0.1, 0.15) is 0 Å². The van der Waals surface area contributed by atoms with Crippen LogP contribution in [0.15, 0.2) is 42.9 Å². The first-order valence-corrected chi connectivity index (χ1v) is 6.04. The standard InChI is InChI=1S/C14H12N4O2/c1-15-12-13-17-8-11(18(13)6-5-16-12)9-3-2-4-10(7-9)14(19)20/h2-8H,1H3,(H,15,16)(H,19,20). The number of fused-ring (bicyclic) bond motifs is 1. The lowest BCUT2D eigenvalue weighted by molar-refractivity contribution is 0.0697. The summed E-state index contributed by atoms with van der Waals surface area (Å²) in [6.07, 6.45) is 5.18. The van der Waals surface area contributed by atoms with Crippen LogP contribution in [0.2, 0.25) is 0 Å². The Morgan fingerprint density at radius 2 is 2.20 bits per heavy atom. The molecule has 100 valence electrons. The molecule has 2 aromatic heterocycles. The summed E-state index contributed by atoms with van der Waals surface area (Å²) >= 11 is 0. The molecule has 0 aliphatic rings. The Balaban J connectivity index is 2.20. The summed E-state index contributed by atoms with van der Waals surface area (Å²) in [5.41, 5.74) is 2.57. The predicted octanol–water partition coefficient (Wildman–Crippen LogP) is 2.14. The number of nitrogens with zero attached hydrogens (tertiary/aromatic N) is 3. The van der Waals surface area contributed by atoms with Crippen molar-refractivity contribution in [3.63, 3.8) is 0 Å². The molecule has 0 unspecified atom stereocenters. The molecule has 0 saturated heterocycles. The van der Waals surface area contributed by atoms with E-state index in [1.165, 1.54) is 0 Å². The van der Waals surface area contributed by atoms with Crippen molar-refractivity contribution in [2.24, 2.45) is 0 Å². The average molecular weight is 268 g/mol. The highest BCUT2D eigenvalue weighted by molar-refractivity contribution is 5.89. The van der Waals surface area contributed by atoms with E-state index in [1.54, 1.807) is 43.8 Å². The van der Waals surface area contributed by atoms with E-state index >= 15 is 0 Å². The smallest absolute Gasteiger partial charge is 0.335 e. The number of carboxylic acids is 1. The largest absolute Gasteiger partial charge is 0.478 e. The van der Waals surface area contributed by atoms with Crippen LogP contribution in [0.1, 0.15) is 10.4 Å². The molecule has 0 spiro atoms. The van der Waals surface area contributed by atoms with E-state index < -0.39 is 5.97 Å². The van der Waals surface area contributed by atoms with E-state index in [4.69, 9.17) is 5.11 Å². The number of nitrogens with one attached hydrogen (secondary N) is 1. The highest BCUT2D eigenvalue weighted by atomic mass is 16.4. The quantitative estimate of drug-likeness (QED) is 0.760. The Labute approximate surface area is 114 Å². The lowest BCUT2D eigenvalue weighted by Crippen LogP contribution is -1.98. The molecule has 3 aromatic rings. The normalized spacial score (nSPS) is 10.7. The van der Waals surface area contributed by atoms with Gasteiger partial charge in [-0.2, -0.15) is 0 Å². The summed E-state index contributed by atoms with van der Waals surface area (Å²) in [4.78, 5) is 19.6. The van der Waals surface area contributed by atoms with Crippen LogP contribution in [0.5, 0.6) is 0 Å². The topological polar surface area (TPSA) is 79.5 Å². The molecule has 6 nitrogen and oxygen atoms in total. The molecule has 2 N–H and O–H groups in total. The molecule has 0 atom stereocenters. The molecule has 0 aliphatic heterocycles. The molecule has 1 aromatic carbocycles. The molecule has 0 saturated carbocycles. The Morgan fingerprint density at radius 1 is 1.35 bits per heavy atom. The third-order valence-electron chi connectivity index (χ3n) is 3.07. The van der Waals surface area contributed by atoms with Crippen LogP contribution >= 0.6 is 0 Å². The maximum absolute atomic E-state index is 11.0. The van der Waals surface area contributed by atoms with Gasteiger partial charge in [-0.3, -0.25) is 4.40 Å². The van der Waals surface area contributed by atoms with E-state index in [0.717, 1.165) is 11.3 Å². The minimum atomic E-state index is -0.946. The number of benzene rings is 1. The van der Waals surface area contributed by atoms with Crippen molar-refractivity contribution in [2.45, 2.75) is 0 Å². The number of anilines is 1. The SMILES string of the molecule is CNc1nccn2c(-c3cccc(C(=O)O)c3)cnc12. The second-order valence-corrected chi connectivity index (χ2v) is 4.25. The molecule has 0 amide bonds. The summed E-state index contributed by atoms with van der Waals surface area (Å²) in [5.74, 6) is -0.272. The lowest BCUT2D eigenvalue weighted by atomic mass is 10.1. The molecule has 0 aliphatic carbocycles. The van der Waals surface area contributed by atoms with Crippen molar-refractivity contribution >= 4 is 17.4 Å². The Bertz CT molecular complexity index is 795. The number of aromatic carboxylic acids is 1. The van der Waals surface area contributed by atoms with Crippen molar-refractivity contribution in [2.75, 3.05) is 12.4 Å². The van der Waals surface area contributed by atoms with Gasteiger partial charge in [0.15, 0.2) is 11.5 Å². The van der Waals surface area contributed by atoms with E-state index in [-0.39, 0.29) is 5.56 Å². The first kappa shape index (κ1) is 12.2. The van der Waals surface area contributed by atoms with Crippen LogP contribution < -0.4 is 5.32 Å². The number of hydrogen-bond acceptors (Lipinski definition) is 4. The number of hydrogen-bond donors (Lipinski definition) is 2. The Kier molecular flexibility index (Phi) is 2.83. The fourth-order valence-corrected chi connectivity index (χ4v) is 2.12. The molecule has 20 heavy (non-hydrogen) atoms. The first-order chi connectivity index (χ1) is 9.70. The minimum Gasteiger partial charge on any atom is -0.478 e. The van der Waals surface area contributed by atoms with Gasteiger partial charge in [0.2, 0.25) is 0 Å². The zero-order chi connectivity index (χ0) is 14.1. The van der Waals surface area contributed by atoms with Crippen molar-refractivity contribution in [3.8, 4) is 11.3 Å². The zero-order valence-corrected chi connectivity index (χ0v) is 10.7. The van der Waals surface area contributed by atoms with Crippen LogP contribution in [-0.2, 0) is 0 Å². The second-order valence-electron chi connectivity index (χ2n) is 4.25. The lowest BCUT2D eigenvalue weighted by Gasteiger charge is -2.05. The van der Waals surface area contributed by atoms with Gasteiger partial charge in [-0.15, -0.1) is 0 Å². The zero-order valence-electron chi connectivity index (χ0n) is 10.7. The van der Waals surface area contributed by atoms with E-state index in [1.807, 2.05) is 10.5 Å². The molecule has 3 rings (SSSR count). The molecule has 0 bridgehead atoms. The summed E-state index contributed by atoms with van der Waals surface area (Å²) in [6, 6.07) is 6.77. The number of imidazole rings is 1. The third kappa shape index (κ3) is 1.87.